The quantitative estimate of drug-likeness (QED) is 0.702. The number of hydrogen-bond donors (Lipinski definition) is 1. The van der Waals surface area contributed by atoms with Gasteiger partial charge in [0, 0.05) is 12.2 Å². The van der Waals surface area contributed by atoms with E-state index in [9.17, 15) is 13.2 Å². The molecular weight excluding hydrogens is 353 g/mol. The zero-order valence-electron chi connectivity index (χ0n) is 13.0. The summed E-state index contributed by atoms with van der Waals surface area (Å²) in [5.74, 6) is 1.03. The molecule has 25 heavy (non-hydrogen) atoms. The highest BCUT2D eigenvalue weighted by atomic mass is 35.5. The Labute approximate surface area is 146 Å². The van der Waals surface area contributed by atoms with Crippen molar-refractivity contribution in [1.29, 1.82) is 0 Å². The Morgan fingerprint density at radius 2 is 2.00 bits per heavy atom. The summed E-state index contributed by atoms with van der Waals surface area (Å²) in [6, 6.07) is 9.17. The van der Waals surface area contributed by atoms with Gasteiger partial charge in [-0.25, -0.2) is 9.97 Å². The molecule has 0 bridgehead atoms. The summed E-state index contributed by atoms with van der Waals surface area (Å²) in [6.07, 6.45) is -1.48. The number of benzene rings is 1. The van der Waals surface area contributed by atoms with E-state index in [4.69, 9.17) is 11.6 Å². The molecule has 0 amide bonds. The van der Waals surface area contributed by atoms with Gasteiger partial charge >= 0.3 is 6.18 Å². The number of fused-ring (bicyclic) bond motifs is 1. The van der Waals surface area contributed by atoms with Crippen LogP contribution in [0.2, 0.25) is 5.02 Å². The van der Waals surface area contributed by atoms with E-state index in [1.165, 1.54) is 0 Å². The summed E-state index contributed by atoms with van der Waals surface area (Å²) in [5.41, 5.74) is 1.10. The van der Waals surface area contributed by atoms with Crippen LogP contribution in [0.15, 0.2) is 36.5 Å². The number of nitrogens with one attached hydrogen (secondary N) is 1. The van der Waals surface area contributed by atoms with Gasteiger partial charge in [-0.1, -0.05) is 23.7 Å². The summed E-state index contributed by atoms with van der Waals surface area (Å²) in [6.45, 7) is 0.337. The van der Waals surface area contributed by atoms with Gasteiger partial charge in [0.05, 0.1) is 28.2 Å². The van der Waals surface area contributed by atoms with Crippen LogP contribution in [0.25, 0.3) is 11.0 Å². The van der Waals surface area contributed by atoms with Crippen LogP contribution in [0.1, 0.15) is 30.3 Å². The van der Waals surface area contributed by atoms with E-state index < -0.39 is 11.7 Å². The van der Waals surface area contributed by atoms with Crippen molar-refractivity contribution in [3.8, 4) is 0 Å². The number of anilines is 1. The molecule has 0 atom stereocenters. The molecule has 0 saturated heterocycles. The highest BCUT2D eigenvalue weighted by molar-refractivity contribution is 6.32. The molecule has 2 heterocycles. The Hall–Kier alpha value is -2.28. The highest BCUT2D eigenvalue weighted by Crippen LogP contribution is 2.39. The predicted molar refractivity (Wildman–Crippen MR) is 89.6 cm³/mol. The van der Waals surface area contributed by atoms with E-state index in [0.717, 1.165) is 42.0 Å². The van der Waals surface area contributed by atoms with Crippen LogP contribution in [0.3, 0.4) is 0 Å². The molecule has 1 aliphatic rings. The smallest absolute Gasteiger partial charge is 0.362 e. The Bertz CT molecular complexity index is 931. The van der Waals surface area contributed by atoms with Gasteiger partial charge < -0.3 is 9.88 Å². The average Bonchev–Trinajstić information content (AvgIpc) is 3.33. The molecule has 3 aromatic rings. The van der Waals surface area contributed by atoms with E-state index in [1.54, 1.807) is 0 Å². The molecule has 4 nitrogen and oxygen atoms in total. The molecule has 1 saturated carbocycles. The van der Waals surface area contributed by atoms with Crippen molar-refractivity contribution in [2.75, 3.05) is 5.32 Å². The zero-order chi connectivity index (χ0) is 17.6. The van der Waals surface area contributed by atoms with Crippen LogP contribution in [0.5, 0.6) is 0 Å². The van der Waals surface area contributed by atoms with Crippen molar-refractivity contribution >= 4 is 28.5 Å². The monoisotopic (exact) mass is 366 g/mol. The number of nitrogens with zero attached hydrogens (tertiary/aromatic N) is 3. The minimum Gasteiger partial charge on any atom is -0.362 e. The Morgan fingerprint density at radius 1 is 1.24 bits per heavy atom. The first-order valence-electron chi connectivity index (χ1n) is 7.86. The van der Waals surface area contributed by atoms with Crippen LogP contribution >= 0.6 is 11.6 Å². The van der Waals surface area contributed by atoms with Gasteiger partial charge in [-0.15, -0.1) is 0 Å². The number of para-hydroxylation sites is 2. The van der Waals surface area contributed by atoms with E-state index in [-0.39, 0.29) is 10.8 Å². The number of hydrogen-bond acceptors (Lipinski definition) is 3. The largest absolute Gasteiger partial charge is 0.417 e. The summed E-state index contributed by atoms with van der Waals surface area (Å²) in [5, 5.41) is 2.93. The van der Waals surface area contributed by atoms with Crippen LogP contribution < -0.4 is 5.32 Å². The third-order valence-electron chi connectivity index (χ3n) is 4.16. The number of aromatic nitrogens is 3. The number of imidazole rings is 1. The molecule has 8 heteroatoms. The van der Waals surface area contributed by atoms with E-state index in [0.29, 0.717) is 12.6 Å². The van der Waals surface area contributed by atoms with Gasteiger partial charge in [0.2, 0.25) is 0 Å². The van der Waals surface area contributed by atoms with Crippen molar-refractivity contribution in [3.05, 3.63) is 52.9 Å². The van der Waals surface area contributed by atoms with Gasteiger partial charge in [0.1, 0.15) is 11.6 Å². The second kappa shape index (κ2) is 5.91. The lowest BCUT2D eigenvalue weighted by Gasteiger charge is -2.12. The first-order valence-corrected chi connectivity index (χ1v) is 8.24. The molecule has 0 spiro atoms. The van der Waals surface area contributed by atoms with Crippen molar-refractivity contribution in [1.82, 2.24) is 14.5 Å². The van der Waals surface area contributed by atoms with Gasteiger partial charge in [-0.05, 0) is 31.0 Å². The number of halogens is 4. The second-order valence-electron chi connectivity index (χ2n) is 6.02. The molecule has 0 radical (unpaired) electrons. The fourth-order valence-corrected chi connectivity index (χ4v) is 3.08. The summed E-state index contributed by atoms with van der Waals surface area (Å²) < 4.78 is 40.2. The maximum absolute atomic E-state index is 12.7. The average molecular weight is 367 g/mol. The van der Waals surface area contributed by atoms with Gasteiger partial charge in [-0.3, -0.25) is 0 Å². The standard InChI is InChI=1S/C17H14ClF3N4/c18-12-7-10(17(19,20)21)8-22-16(12)23-9-15-24-13-3-1-2-4-14(13)25(15)11-5-6-11/h1-4,7-8,11H,5-6,9H2,(H,22,23). The van der Waals surface area contributed by atoms with Crippen molar-refractivity contribution in [2.24, 2.45) is 0 Å². The number of pyridine rings is 1. The molecule has 0 aliphatic heterocycles. The highest BCUT2D eigenvalue weighted by Gasteiger charge is 2.32. The normalized spacial score (nSPS) is 14.9. The fraction of sp³-hybridized carbons (Fsp3) is 0.294. The SMILES string of the molecule is FC(F)(F)c1cnc(NCc2nc3ccccc3n2C2CC2)c(Cl)c1. The molecule has 1 N–H and O–H groups in total. The molecule has 2 aromatic heterocycles. The first kappa shape index (κ1) is 16.2. The third-order valence-corrected chi connectivity index (χ3v) is 4.45. The lowest BCUT2D eigenvalue weighted by Crippen LogP contribution is -2.10. The summed E-state index contributed by atoms with van der Waals surface area (Å²) in [7, 11) is 0. The zero-order valence-corrected chi connectivity index (χ0v) is 13.8. The maximum Gasteiger partial charge on any atom is 0.417 e. The van der Waals surface area contributed by atoms with Crippen LogP contribution in [-0.4, -0.2) is 14.5 Å². The molecule has 4 rings (SSSR count). The molecule has 1 aromatic carbocycles. The minimum absolute atomic E-state index is 0.0658. The third kappa shape index (κ3) is 3.16. The van der Waals surface area contributed by atoms with Crippen molar-refractivity contribution in [2.45, 2.75) is 31.6 Å². The molecule has 130 valence electrons. The molecule has 0 unspecified atom stereocenters. The Balaban J connectivity index is 1.60. The second-order valence-corrected chi connectivity index (χ2v) is 6.43. The first-order chi connectivity index (χ1) is 11.9. The maximum atomic E-state index is 12.7. The van der Waals surface area contributed by atoms with Crippen molar-refractivity contribution < 1.29 is 13.2 Å². The van der Waals surface area contributed by atoms with Crippen molar-refractivity contribution in [3.63, 3.8) is 0 Å². The van der Waals surface area contributed by atoms with Crippen LogP contribution in [0, 0.1) is 0 Å². The van der Waals surface area contributed by atoms with E-state index in [2.05, 4.69) is 19.9 Å². The van der Waals surface area contributed by atoms with E-state index >= 15 is 0 Å². The van der Waals surface area contributed by atoms with Crippen LogP contribution in [0.4, 0.5) is 19.0 Å². The number of alkyl halides is 3. The van der Waals surface area contributed by atoms with Crippen LogP contribution in [-0.2, 0) is 12.7 Å². The number of rotatable bonds is 4. The fourth-order valence-electron chi connectivity index (χ4n) is 2.85. The topological polar surface area (TPSA) is 42.7 Å². The van der Waals surface area contributed by atoms with Gasteiger partial charge in [-0.2, -0.15) is 13.2 Å². The van der Waals surface area contributed by atoms with E-state index in [1.807, 2.05) is 24.3 Å². The Morgan fingerprint density at radius 3 is 2.68 bits per heavy atom. The Kier molecular flexibility index (Phi) is 3.83. The molecular formula is C17H14ClF3N4. The predicted octanol–water partition coefficient (Wildman–Crippen LogP) is 5.05. The lowest BCUT2D eigenvalue weighted by molar-refractivity contribution is -0.137. The molecule has 1 fully saturated rings. The minimum atomic E-state index is -4.46. The molecule has 1 aliphatic carbocycles. The lowest BCUT2D eigenvalue weighted by atomic mass is 10.3. The summed E-state index contributed by atoms with van der Waals surface area (Å²) in [4.78, 5) is 8.43. The van der Waals surface area contributed by atoms with Gasteiger partial charge in [0.15, 0.2) is 0 Å². The van der Waals surface area contributed by atoms with Gasteiger partial charge in [0.25, 0.3) is 0 Å². The summed E-state index contributed by atoms with van der Waals surface area (Å²) >= 11 is 5.94.